The van der Waals surface area contributed by atoms with Gasteiger partial charge in [0, 0.05) is 17.5 Å². The number of nitrogens with one attached hydrogen (secondary N) is 2. The van der Waals surface area contributed by atoms with E-state index in [0.717, 1.165) is 32.2 Å². The van der Waals surface area contributed by atoms with Crippen molar-refractivity contribution in [3.63, 3.8) is 0 Å². The predicted octanol–water partition coefficient (Wildman–Crippen LogP) is 2.64. The lowest BCUT2D eigenvalue weighted by Gasteiger charge is -2.31. The van der Waals surface area contributed by atoms with Crippen molar-refractivity contribution in [2.45, 2.75) is 50.0 Å². The Bertz CT molecular complexity index is 529. The van der Waals surface area contributed by atoms with Crippen LogP contribution in [0.3, 0.4) is 0 Å². The second kappa shape index (κ2) is 6.32. The minimum absolute atomic E-state index is 0.0551. The second-order valence-electron chi connectivity index (χ2n) is 6.45. The molecular formula is C17H22F2N2O. The van der Waals surface area contributed by atoms with Crippen LogP contribution in [-0.2, 0) is 10.2 Å². The van der Waals surface area contributed by atoms with Gasteiger partial charge >= 0.3 is 0 Å². The van der Waals surface area contributed by atoms with Gasteiger partial charge in [0.15, 0.2) is 0 Å². The molecule has 1 saturated carbocycles. The minimum atomic E-state index is -0.607. The third kappa shape index (κ3) is 2.86. The van der Waals surface area contributed by atoms with E-state index < -0.39 is 17.0 Å². The average molecular weight is 308 g/mol. The fraction of sp³-hybridized carbons (Fsp3) is 0.588. The van der Waals surface area contributed by atoms with Crippen LogP contribution in [0, 0.1) is 11.6 Å². The van der Waals surface area contributed by atoms with Crippen LogP contribution in [0.2, 0.25) is 0 Å². The van der Waals surface area contributed by atoms with Gasteiger partial charge in [0.05, 0.1) is 6.04 Å². The quantitative estimate of drug-likeness (QED) is 0.898. The average Bonchev–Trinajstić information content (AvgIpc) is 3.17. The number of carbonyl (C=O) groups is 1. The normalized spacial score (nSPS) is 23.6. The van der Waals surface area contributed by atoms with Crippen molar-refractivity contribution in [1.82, 2.24) is 10.6 Å². The van der Waals surface area contributed by atoms with Crippen LogP contribution in [0.25, 0.3) is 0 Å². The van der Waals surface area contributed by atoms with Crippen molar-refractivity contribution in [1.29, 1.82) is 0 Å². The van der Waals surface area contributed by atoms with Gasteiger partial charge in [-0.25, -0.2) is 8.78 Å². The summed E-state index contributed by atoms with van der Waals surface area (Å²) in [4.78, 5) is 12.2. The molecule has 1 amide bonds. The Morgan fingerprint density at radius 3 is 2.50 bits per heavy atom. The molecule has 5 heteroatoms. The smallest absolute Gasteiger partial charge is 0.237 e. The minimum Gasteiger partial charge on any atom is -0.354 e. The van der Waals surface area contributed by atoms with Crippen molar-refractivity contribution in [3.8, 4) is 0 Å². The lowest BCUT2D eigenvalue weighted by molar-refractivity contribution is -0.123. The molecule has 3 rings (SSSR count). The van der Waals surface area contributed by atoms with Crippen LogP contribution in [0.5, 0.6) is 0 Å². The standard InChI is InChI=1S/C17H22F2N2O/c18-12-5-3-6-13(19)15(12)17(8-1-2-9-17)11-21-16(22)14-7-4-10-20-14/h3,5-6,14,20H,1-2,4,7-11H2,(H,21,22). The molecule has 22 heavy (non-hydrogen) atoms. The first-order valence-corrected chi connectivity index (χ1v) is 8.08. The van der Waals surface area contributed by atoms with Gasteiger partial charge in [-0.2, -0.15) is 0 Å². The summed E-state index contributed by atoms with van der Waals surface area (Å²) in [6.45, 7) is 1.16. The molecule has 2 aliphatic rings. The van der Waals surface area contributed by atoms with Gasteiger partial charge in [-0.3, -0.25) is 4.79 Å². The molecule has 0 aromatic heterocycles. The fourth-order valence-electron chi connectivity index (χ4n) is 3.86. The predicted molar refractivity (Wildman–Crippen MR) is 80.5 cm³/mol. The highest BCUT2D eigenvalue weighted by atomic mass is 19.1. The Morgan fingerprint density at radius 2 is 1.91 bits per heavy atom. The molecule has 1 unspecified atom stereocenters. The highest BCUT2D eigenvalue weighted by molar-refractivity contribution is 5.82. The van der Waals surface area contributed by atoms with Gasteiger partial charge in [-0.05, 0) is 44.4 Å². The molecule has 3 nitrogen and oxygen atoms in total. The van der Waals surface area contributed by atoms with E-state index in [0.29, 0.717) is 19.4 Å². The van der Waals surface area contributed by atoms with E-state index in [4.69, 9.17) is 0 Å². The number of benzene rings is 1. The molecule has 1 atom stereocenters. The Balaban J connectivity index is 1.78. The Labute approximate surface area is 129 Å². The SMILES string of the molecule is O=C(NCC1(c2c(F)cccc2F)CCCC1)C1CCCN1. The van der Waals surface area contributed by atoms with Gasteiger partial charge in [-0.15, -0.1) is 0 Å². The van der Waals surface area contributed by atoms with Crippen molar-refractivity contribution >= 4 is 5.91 Å². The molecule has 1 aliphatic heterocycles. The first-order valence-electron chi connectivity index (χ1n) is 8.08. The van der Waals surface area contributed by atoms with E-state index in [1.54, 1.807) is 0 Å². The summed E-state index contributed by atoms with van der Waals surface area (Å²) in [5.41, 5.74) is -0.462. The summed E-state index contributed by atoms with van der Waals surface area (Å²) >= 11 is 0. The lowest BCUT2D eigenvalue weighted by Crippen LogP contribution is -2.46. The highest BCUT2D eigenvalue weighted by Crippen LogP contribution is 2.42. The molecule has 1 heterocycles. The lowest BCUT2D eigenvalue weighted by atomic mass is 9.78. The van der Waals surface area contributed by atoms with Crippen LogP contribution in [0.4, 0.5) is 8.78 Å². The Kier molecular flexibility index (Phi) is 4.43. The summed E-state index contributed by atoms with van der Waals surface area (Å²) in [5.74, 6) is -1.06. The highest BCUT2D eigenvalue weighted by Gasteiger charge is 2.40. The molecule has 1 aromatic rings. The molecular weight excluding hydrogens is 286 g/mol. The van der Waals surface area contributed by atoms with E-state index >= 15 is 0 Å². The number of halogens is 2. The summed E-state index contributed by atoms with van der Waals surface area (Å²) in [6.07, 6.45) is 5.11. The van der Waals surface area contributed by atoms with Crippen LogP contribution in [0.1, 0.15) is 44.1 Å². The molecule has 120 valence electrons. The Hall–Kier alpha value is -1.49. The van der Waals surface area contributed by atoms with Crippen molar-refractivity contribution in [3.05, 3.63) is 35.4 Å². The molecule has 1 aliphatic carbocycles. The maximum absolute atomic E-state index is 14.2. The zero-order valence-electron chi connectivity index (χ0n) is 12.6. The van der Waals surface area contributed by atoms with E-state index in [9.17, 15) is 13.6 Å². The van der Waals surface area contributed by atoms with Gasteiger partial charge in [0.1, 0.15) is 11.6 Å². The fourth-order valence-corrected chi connectivity index (χ4v) is 3.86. The number of hydrogen-bond acceptors (Lipinski definition) is 2. The van der Waals surface area contributed by atoms with Crippen LogP contribution in [-0.4, -0.2) is 25.0 Å². The van der Waals surface area contributed by atoms with Crippen LogP contribution < -0.4 is 10.6 Å². The second-order valence-corrected chi connectivity index (χ2v) is 6.45. The van der Waals surface area contributed by atoms with Crippen LogP contribution in [0.15, 0.2) is 18.2 Å². The molecule has 0 spiro atoms. The molecule has 1 saturated heterocycles. The zero-order chi connectivity index (χ0) is 15.6. The third-order valence-electron chi connectivity index (χ3n) is 5.03. The number of hydrogen-bond donors (Lipinski definition) is 2. The van der Waals surface area contributed by atoms with Crippen molar-refractivity contribution in [2.24, 2.45) is 0 Å². The van der Waals surface area contributed by atoms with Gasteiger partial charge in [0.2, 0.25) is 5.91 Å². The molecule has 0 bridgehead atoms. The number of carbonyl (C=O) groups excluding carboxylic acids is 1. The molecule has 1 aromatic carbocycles. The van der Waals surface area contributed by atoms with Crippen molar-refractivity contribution in [2.75, 3.05) is 13.1 Å². The van der Waals surface area contributed by atoms with Gasteiger partial charge < -0.3 is 10.6 Å². The van der Waals surface area contributed by atoms with E-state index in [1.807, 2.05) is 0 Å². The number of amides is 1. The Morgan fingerprint density at radius 1 is 1.23 bits per heavy atom. The largest absolute Gasteiger partial charge is 0.354 e. The van der Waals surface area contributed by atoms with Gasteiger partial charge in [-0.1, -0.05) is 18.9 Å². The molecule has 0 radical (unpaired) electrons. The zero-order valence-corrected chi connectivity index (χ0v) is 12.6. The van der Waals surface area contributed by atoms with Crippen LogP contribution >= 0.6 is 0 Å². The first-order chi connectivity index (χ1) is 10.6. The summed E-state index contributed by atoms with van der Waals surface area (Å²) in [5, 5.41) is 6.07. The molecule has 2 N–H and O–H groups in total. The molecule has 2 fully saturated rings. The monoisotopic (exact) mass is 308 g/mol. The first kappa shape index (κ1) is 15.4. The van der Waals surface area contributed by atoms with E-state index in [2.05, 4.69) is 10.6 Å². The van der Waals surface area contributed by atoms with Crippen molar-refractivity contribution < 1.29 is 13.6 Å². The topological polar surface area (TPSA) is 41.1 Å². The number of rotatable bonds is 4. The third-order valence-corrected chi connectivity index (χ3v) is 5.03. The van der Waals surface area contributed by atoms with Gasteiger partial charge in [0.25, 0.3) is 0 Å². The summed E-state index contributed by atoms with van der Waals surface area (Å²) in [6, 6.07) is 3.83. The maximum Gasteiger partial charge on any atom is 0.237 e. The maximum atomic E-state index is 14.2. The van der Waals surface area contributed by atoms with E-state index in [1.165, 1.54) is 18.2 Å². The van der Waals surface area contributed by atoms with E-state index in [-0.39, 0.29) is 17.5 Å². The summed E-state index contributed by atoms with van der Waals surface area (Å²) in [7, 11) is 0. The summed E-state index contributed by atoms with van der Waals surface area (Å²) < 4.78 is 28.4.